The Kier molecular flexibility index (Phi) is 4.05. The van der Waals surface area contributed by atoms with Gasteiger partial charge in [-0.2, -0.15) is 4.31 Å². The summed E-state index contributed by atoms with van der Waals surface area (Å²) in [5.74, 6) is -0.478. The molecule has 0 radical (unpaired) electrons. The fourth-order valence-corrected chi connectivity index (χ4v) is 3.84. The van der Waals surface area contributed by atoms with Crippen LogP contribution < -0.4 is 0 Å². The summed E-state index contributed by atoms with van der Waals surface area (Å²) in [7, 11) is 0.211. The van der Waals surface area contributed by atoms with Gasteiger partial charge in [0.2, 0.25) is 10.0 Å². The van der Waals surface area contributed by atoms with E-state index in [2.05, 4.69) is 14.2 Å². The van der Waals surface area contributed by atoms with Crippen LogP contribution in [0.1, 0.15) is 18.9 Å². The summed E-state index contributed by atoms with van der Waals surface area (Å²) in [6.07, 6.45) is 5.91. The Labute approximate surface area is 131 Å². The van der Waals surface area contributed by atoms with Crippen LogP contribution in [0.5, 0.6) is 0 Å². The van der Waals surface area contributed by atoms with E-state index < -0.39 is 15.8 Å². The number of nitrogens with zero attached hydrogens (tertiary/aromatic N) is 3. The zero-order valence-corrected chi connectivity index (χ0v) is 14.1. The molecule has 8 heteroatoms. The molecule has 1 saturated carbocycles. The zero-order valence-electron chi connectivity index (χ0n) is 12.1. The van der Waals surface area contributed by atoms with Gasteiger partial charge >= 0.3 is 0 Å². The summed E-state index contributed by atoms with van der Waals surface area (Å²) in [5, 5.41) is 0. The molecule has 3 rings (SSSR count). The predicted octanol–water partition coefficient (Wildman–Crippen LogP) is 2.48. The van der Waals surface area contributed by atoms with Crippen molar-refractivity contribution in [1.82, 2.24) is 13.9 Å². The summed E-state index contributed by atoms with van der Waals surface area (Å²) in [6, 6.07) is 4.25. The highest BCUT2D eigenvalue weighted by Crippen LogP contribution is 2.36. The molecule has 0 bridgehead atoms. The average molecular weight is 341 g/mol. The maximum atomic E-state index is 14.1. The van der Waals surface area contributed by atoms with Crippen molar-refractivity contribution in [2.75, 3.05) is 13.3 Å². The second-order valence-corrected chi connectivity index (χ2v) is 7.77. The molecule has 0 saturated heterocycles. The highest BCUT2D eigenvalue weighted by molar-refractivity contribution is 7.89. The Morgan fingerprint density at radius 2 is 2.18 bits per heavy atom. The van der Waals surface area contributed by atoms with Crippen LogP contribution in [0.4, 0.5) is 4.39 Å². The van der Waals surface area contributed by atoms with Crippen molar-refractivity contribution < 1.29 is 12.8 Å². The second kappa shape index (κ2) is 5.72. The van der Waals surface area contributed by atoms with Crippen molar-refractivity contribution in [3.8, 4) is 11.3 Å². The minimum absolute atomic E-state index is 0.0646. The first kappa shape index (κ1) is 15.6. The maximum absolute atomic E-state index is 14.1. The van der Waals surface area contributed by atoms with E-state index in [9.17, 15) is 12.8 Å². The summed E-state index contributed by atoms with van der Waals surface area (Å²) < 4.78 is 41.9. The molecule has 0 spiro atoms. The Morgan fingerprint density at radius 1 is 1.45 bits per heavy atom. The van der Waals surface area contributed by atoms with Gasteiger partial charge in [-0.05, 0) is 31.0 Å². The highest BCUT2D eigenvalue weighted by atomic mass is 32.2. The molecule has 1 aromatic carbocycles. The third-order valence-corrected chi connectivity index (χ3v) is 6.38. The third kappa shape index (κ3) is 2.81. The van der Waals surface area contributed by atoms with E-state index in [1.165, 1.54) is 29.6 Å². The van der Waals surface area contributed by atoms with Crippen molar-refractivity contribution >= 4 is 19.3 Å². The number of imidazole rings is 1. The molecule has 1 aromatic heterocycles. The van der Waals surface area contributed by atoms with E-state index >= 15 is 0 Å². The fourth-order valence-electron chi connectivity index (χ4n) is 2.19. The number of rotatable bonds is 5. The number of benzene rings is 1. The summed E-state index contributed by atoms with van der Waals surface area (Å²) in [5.41, 5.74) is 0.660. The van der Waals surface area contributed by atoms with E-state index in [1.807, 2.05) is 4.57 Å². The van der Waals surface area contributed by atoms with Crippen molar-refractivity contribution in [3.05, 3.63) is 36.5 Å². The van der Waals surface area contributed by atoms with Crippen LogP contribution in [0.3, 0.4) is 0 Å². The van der Waals surface area contributed by atoms with E-state index in [0.717, 1.165) is 12.8 Å². The molecule has 22 heavy (non-hydrogen) atoms. The van der Waals surface area contributed by atoms with Crippen LogP contribution in [0, 0.1) is 5.82 Å². The minimum atomic E-state index is -3.62. The average Bonchev–Trinajstić information content (AvgIpc) is 3.24. The first-order valence-corrected chi connectivity index (χ1v) is 9.19. The number of hydrogen-bond acceptors (Lipinski definition) is 3. The number of halogens is 1. The lowest BCUT2D eigenvalue weighted by Gasteiger charge is -2.15. The first-order valence-electron chi connectivity index (χ1n) is 6.93. The van der Waals surface area contributed by atoms with Gasteiger partial charge in [0, 0.05) is 31.1 Å². The molecule has 0 N–H and O–H groups in total. The van der Waals surface area contributed by atoms with Gasteiger partial charge in [0.25, 0.3) is 0 Å². The Morgan fingerprint density at radius 3 is 2.82 bits per heavy atom. The normalized spacial score (nSPS) is 15.5. The van der Waals surface area contributed by atoms with Gasteiger partial charge in [-0.1, -0.05) is 0 Å². The lowest BCUT2D eigenvalue weighted by Crippen LogP contribution is -2.25. The predicted molar refractivity (Wildman–Crippen MR) is 85.4 cm³/mol. The number of hydrogen-bond donors (Lipinski definition) is 0. The zero-order chi connectivity index (χ0) is 15.9. The van der Waals surface area contributed by atoms with Gasteiger partial charge in [-0.3, -0.25) is 0 Å². The van der Waals surface area contributed by atoms with Crippen molar-refractivity contribution in [2.45, 2.75) is 23.8 Å². The monoisotopic (exact) mass is 341 g/mol. The molecule has 1 fully saturated rings. The Hall–Kier alpha value is -1.30. The van der Waals surface area contributed by atoms with Crippen molar-refractivity contribution in [3.63, 3.8) is 0 Å². The first-order chi connectivity index (χ1) is 10.4. The smallest absolute Gasteiger partial charge is 0.243 e. The van der Waals surface area contributed by atoms with E-state index in [-0.39, 0.29) is 16.7 Å². The van der Waals surface area contributed by atoms with Crippen LogP contribution >= 0.6 is 9.24 Å². The summed E-state index contributed by atoms with van der Waals surface area (Å²) in [4.78, 5) is 4.27. The van der Waals surface area contributed by atoms with Gasteiger partial charge in [0.15, 0.2) is 0 Å². The molecule has 1 aliphatic carbocycles. The second-order valence-electron chi connectivity index (χ2n) is 5.36. The topological polar surface area (TPSA) is 55.2 Å². The van der Waals surface area contributed by atoms with E-state index in [0.29, 0.717) is 11.7 Å². The largest absolute Gasteiger partial charge is 0.334 e. The summed E-state index contributed by atoms with van der Waals surface area (Å²) in [6.45, 7) is 0. The van der Waals surface area contributed by atoms with Crippen LogP contribution in [-0.2, 0) is 10.0 Å². The van der Waals surface area contributed by atoms with Crippen LogP contribution in [-0.4, -0.2) is 35.6 Å². The standard InChI is InChI=1S/C14H17FN3O2PS/c1-17(9-21)22(19,20)11-4-5-13(15)12(6-11)14-7-18(8-16-14)10-2-3-10/h4-8,10H,2-3,9,21H2,1H3. The lowest BCUT2D eigenvalue weighted by molar-refractivity contribution is 0.512. The van der Waals surface area contributed by atoms with Gasteiger partial charge in [0.1, 0.15) is 5.82 Å². The third-order valence-electron chi connectivity index (χ3n) is 3.75. The lowest BCUT2D eigenvalue weighted by atomic mass is 10.1. The molecule has 5 nitrogen and oxygen atoms in total. The van der Waals surface area contributed by atoms with Gasteiger partial charge in [-0.25, -0.2) is 17.8 Å². The van der Waals surface area contributed by atoms with Gasteiger partial charge in [-0.15, -0.1) is 9.24 Å². The molecule has 0 amide bonds. The van der Waals surface area contributed by atoms with Gasteiger partial charge in [0.05, 0.1) is 16.9 Å². The number of sulfonamides is 1. The highest BCUT2D eigenvalue weighted by Gasteiger charge is 2.25. The number of aromatic nitrogens is 2. The van der Waals surface area contributed by atoms with E-state index in [4.69, 9.17) is 0 Å². The SMILES string of the molecule is CN(CP)S(=O)(=O)c1ccc(F)c(-c2cn(C3CC3)cn2)c1. The van der Waals surface area contributed by atoms with Crippen LogP contribution in [0.2, 0.25) is 0 Å². The van der Waals surface area contributed by atoms with Crippen LogP contribution in [0.25, 0.3) is 11.3 Å². The van der Waals surface area contributed by atoms with Gasteiger partial charge < -0.3 is 4.57 Å². The molecular formula is C14H17FN3O2PS. The maximum Gasteiger partial charge on any atom is 0.243 e. The Balaban J connectivity index is 2.02. The quantitative estimate of drug-likeness (QED) is 0.785. The minimum Gasteiger partial charge on any atom is -0.334 e. The molecule has 118 valence electrons. The molecule has 1 aliphatic rings. The van der Waals surface area contributed by atoms with Crippen molar-refractivity contribution in [2.24, 2.45) is 0 Å². The molecular weight excluding hydrogens is 324 g/mol. The molecule has 2 aromatic rings. The molecule has 0 aliphatic heterocycles. The molecule has 1 unspecified atom stereocenters. The fraction of sp³-hybridized carbons (Fsp3) is 0.357. The van der Waals surface area contributed by atoms with Crippen LogP contribution in [0.15, 0.2) is 35.6 Å². The van der Waals surface area contributed by atoms with Crippen molar-refractivity contribution in [1.29, 1.82) is 0 Å². The molecule has 1 atom stereocenters. The summed E-state index contributed by atoms with van der Waals surface area (Å²) >= 11 is 0. The van der Waals surface area contributed by atoms with E-state index in [1.54, 1.807) is 12.5 Å². The Bertz CT molecular complexity index is 802. The molecule has 1 heterocycles.